The number of aromatic nitrogens is 1. The summed E-state index contributed by atoms with van der Waals surface area (Å²) in [5, 5.41) is 9.86. The third-order valence-electron chi connectivity index (χ3n) is 2.92. The molecule has 0 spiro atoms. The van der Waals surface area contributed by atoms with Crippen LogP contribution in [0.3, 0.4) is 0 Å². The number of nitriles is 1. The fourth-order valence-electron chi connectivity index (χ4n) is 1.80. The van der Waals surface area contributed by atoms with Gasteiger partial charge >= 0.3 is 0 Å². The normalized spacial score (nSPS) is 15.7. The van der Waals surface area contributed by atoms with Gasteiger partial charge in [0, 0.05) is 13.6 Å². The Hall–Kier alpha value is -1.28. The van der Waals surface area contributed by atoms with E-state index >= 15 is 0 Å². The van der Waals surface area contributed by atoms with Gasteiger partial charge in [-0.3, -0.25) is 0 Å². The van der Waals surface area contributed by atoms with Gasteiger partial charge in [0.25, 0.3) is 0 Å². The van der Waals surface area contributed by atoms with Crippen molar-refractivity contribution in [3.05, 3.63) is 5.56 Å². The highest BCUT2D eigenvalue weighted by Crippen LogP contribution is 2.32. The van der Waals surface area contributed by atoms with Gasteiger partial charge in [-0.15, -0.1) is 0 Å². The van der Waals surface area contributed by atoms with Crippen LogP contribution < -0.4 is 10.6 Å². The molecular weight excluding hydrogens is 208 g/mol. The van der Waals surface area contributed by atoms with E-state index in [1.807, 2.05) is 7.05 Å². The molecule has 0 saturated heterocycles. The molecule has 0 aliphatic heterocycles. The van der Waals surface area contributed by atoms with Crippen molar-refractivity contribution in [2.45, 2.75) is 19.3 Å². The van der Waals surface area contributed by atoms with Gasteiger partial charge in [0.1, 0.15) is 16.6 Å². The molecule has 1 saturated carbocycles. The SMILES string of the molecule is CN(CC1CCC1)c1snc(N)c1C#N. The van der Waals surface area contributed by atoms with Crippen LogP contribution in [0, 0.1) is 17.2 Å². The molecule has 0 unspecified atom stereocenters. The van der Waals surface area contributed by atoms with Crippen molar-refractivity contribution in [3.63, 3.8) is 0 Å². The molecule has 5 heteroatoms. The summed E-state index contributed by atoms with van der Waals surface area (Å²) in [5.41, 5.74) is 6.15. The smallest absolute Gasteiger partial charge is 0.157 e. The summed E-state index contributed by atoms with van der Waals surface area (Å²) in [7, 11) is 2.01. The molecule has 0 radical (unpaired) electrons. The molecule has 0 bridgehead atoms. The maximum Gasteiger partial charge on any atom is 0.157 e. The number of nitrogens with two attached hydrogens (primary N) is 1. The molecule has 1 heterocycles. The first-order valence-electron chi connectivity index (χ1n) is 5.08. The molecule has 0 atom stereocenters. The third-order valence-corrected chi connectivity index (χ3v) is 3.89. The molecule has 4 nitrogen and oxygen atoms in total. The second-order valence-corrected chi connectivity index (χ2v) is 4.79. The summed E-state index contributed by atoms with van der Waals surface area (Å²) >= 11 is 1.31. The Kier molecular flexibility index (Phi) is 2.78. The summed E-state index contributed by atoms with van der Waals surface area (Å²) < 4.78 is 4.01. The Morgan fingerprint density at radius 1 is 1.67 bits per heavy atom. The first-order valence-corrected chi connectivity index (χ1v) is 5.86. The molecule has 1 aliphatic rings. The first-order chi connectivity index (χ1) is 7.22. The lowest BCUT2D eigenvalue weighted by atomic mass is 9.85. The van der Waals surface area contributed by atoms with E-state index in [0.717, 1.165) is 17.5 Å². The van der Waals surface area contributed by atoms with E-state index in [2.05, 4.69) is 15.3 Å². The molecule has 0 aromatic carbocycles. The van der Waals surface area contributed by atoms with Crippen LogP contribution in [0.15, 0.2) is 0 Å². The maximum atomic E-state index is 8.95. The number of hydrogen-bond donors (Lipinski definition) is 1. The van der Waals surface area contributed by atoms with Crippen molar-refractivity contribution in [2.24, 2.45) is 5.92 Å². The minimum Gasteiger partial charge on any atom is -0.382 e. The van der Waals surface area contributed by atoms with Crippen molar-refractivity contribution >= 4 is 22.4 Å². The van der Waals surface area contributed by atoms with Crippen LogP contribution in [0.2, 0.25) is 0 Å². The van der Waals surface area contributed by atoms with E-state index in [1.165, 1.54) is 30.8 Å². The molecule has 15 heavy (non-hydrogen) atoms. The first kappa shape index (κ1) is 10.2. The van der Waals surface area contributed by atoms with Crippen molar-refractivity contribution < 1.29 is 0 Å². The number of rotatable bonds is 3. The van der Waals surface area contributed by atoms with Crippen molar-refractivity contribution in [1.29, 1.82) is 5.26 Å². The minimum atomic E-state index is 0.359. The van der Waals surface area contributed by atoms with E-state index in [1.54, 1.807) is 0 Å². The highest BCUT2D eigenvalue weighted by Gasteiger charge is 2.22. The summed E-state index contributed by atoms with van der Waals surface area (Å²) in [5.74, 6) is 1.14. The van der Waals surface area contributed by atoms with Crippen LogP contribution in [-0.2, 0) is 0 Å². The third kappa shape index (κ3) is 1.90. The quantitative estimate of drug-likeness (QED) is 0.847. The van der Waals surface area contributed by atoms with Crippen LogP contribution in [-0.4, -0.2) is 18.0 Å². The molecule has 1 aromatic heterocycles. The Balaban J connectivity index is 2.10. The molecule has 0 amide bonds. The summed E-state index contributed by atoms with van der Waals surface area (Å²) in [6, 6.07) is 2.12. The van der Waals surface area contributed by atoms with Gasteiger partial charge in [0.15, 0.2) is 5.82 Å². The molecule has 2 rings (SSSR count). The Morgan fingerprint density at radius 2 is 2.40 bits per heavy atom. The van der Waals surface area contributed by atoms with Gasteiger partial charge in [-0.2, -0.15) is 9.64 Å². The second kappa shape index (κ2) is 4.07. The van der Waals surface area contributed by atoms with Crippen LogP contribution >= 0.6 is 11.5 Å². The summed E-state index contributed by atoms with van der Waals surface area (Å²) in [4.78, 5) is 2.11. The molecule has 1 aromatic rings. The average Bonchev–Trinajstić information content (AvgIpc) is 2.52. The fraction of sp³-hybridized carbons (Fsp3) is 0.600. The van der Waals surface area contributed by atoms with Gasteiger partial charge in [-0.25, -0.2) is 0 Å². The molecular formula is C10H14N4S. The lowest BCUT2D eigenvalue weighted by Crippen LogP contribution is -2.29. The van der Waals surface area contributed by atoms with Crippen molar-refractivity contribution in [2.75, 3.05) is 24.2 Å². The average molecular weight is 222 g/mol. The Bertz CT molecular complexity index is 389. The Morgan fingerprint density at radius 3 is 2.93 bits per heavy atom. The van der Waals surface area contributed by atoms with E-state index in [4.69, 9.17) is 11.0 Å². The van der Waals surface area contributed by atoms with Crippen LogP contribution in [0.5, 0.6) is 0 Å². The second-order valence-electron chi connectivity index (χ2n) is 4.04. The monoisotopic (exact) mass is 222 g/mol. The number of nitrogen functional groups attached to an aromatic ring is 1. The van der Waals surface area contributed by atoms with Crippen LogP contribution in [0.4, 0.5) is 10.8 Å². The van der Waals surface area contributed by atoms with Crippen LogP contribution in [0.1, 0.15) is 24.8 Å². The van der Waals surface area contributed by atoms with E-state index in [-0.39, 0.29) is 0 Å². The molecule has 80 valence electrons. The molecule has 1 aliphatic carbocycles. The van der Waals surface area contributed by atoms with Crippen molar-refractivity contribution in [1.82, 2.24) is 4.37 Å². The van der Waals surface area contributed by atoms with Gasteiger partial charge < -0.3 is 10.6 Å². The zero-order chi connectivity index (χ0) is 10.8. The summed E-state index contributed by atoms with van der Waals surface area (Å²) in [6.07, 6.45) is 3.95. The Labute approximate surface area is 93.5 Å². The zero-order valence-electron chi connectivity index (χ0n) is 8.73. The highest BCUT2D eigenvalue weighted by atomic mass is 32.1. The number of hydrogen-bond acceptors (Lipinski definition) is 5. The largest absolute Gasteiger partial charge is 0.382 e. The van der Waals surface area contributed by atoms with Crippen molar-refractivity contribution in [3.8, 4) is 6.07 Å². The van der Waals surface area contributed by atoms with Gasteiger partial charge in [0.2, 0.25) is 0 Å². The highest BCUT2D eigenvalue weighted by molar-refractivity contribution is 7.10. The lowest BCUT2D eigenvalue weighted by Gasteiger charge is -2.30. The van der Waals surface area contributed by atoms with Gasteiger partial charge in [0.05, 0.1) is 0 Å². The topological polar surface area (TPSA) is 65.9 Å². The predicted molar refractivity (Wildman–Crippen MR) is 61.9 cm³/mol. The number of anilines is 2. The number of nitrogens with zero attached hydrogens (tertiary/aromatic N) is 3. The zero-order valence-corrected chi connectivity index (χ0v) is 9.55. The molecule has 1 fully saturated rings. The van der Waals surface area contributed by atoms with Gasteiger partial charge in [-0.05, 0) is 30.3 Å². The van der Waals surface area contributed by atoms with Crippen LogP contribution in [0.25, 0.3) is 0 Å². The van der Waals surface area contributed by atoms with Gasteiger partial charge in [-0.1, -0.05) is 6.42 Å². The fourth-order valence-corrected chi connectivity index (χ4v) is 2.54. The lowest BCUT2D eigenvalue weighted by molar-refractivity contribution is 0.322. The summed E-state index contributed by atoms with van der Waals surface area (Å²) in [6.45, 7) is 1.01. The van der Waals surface area contributed by atoms with E-state index in [9.17, 15) is 0 Å². The standard InChI is InChI=1S/C10H14N4S/c1-14(6-7-3-2-4-7)10-8(5-11)9(12)13-15-10/h7H,2-4,6H2,1H3,(H2,12,13). The van der Waals surface area contributed by atoms with E-state index in [0.29, 0.717) is 11.4 Å². The maximum absolute atomic E-state index is 8.95. The predicted octanol–water partition coefficient (Wildman–Crippen LogP) is 1.83. The molecule has 2 N–H and O–H groups in total. The minimum absolute atomic E-state index is 0.359. The van der Waals surface area contributed by atoms with E-state index < -0.39 is 0 Å².